The molecule has 0 spiro atoms. The highest BCUT2D eigenvalue weighted by atomic mass is 16.3. The van der Waals surface area contributed by atoms with Crippen LogP contribution in [0.3, 0.4) is 0 Å². The molecular weight excluding hydrogens is 200 g/mol. The zero-order valence-electron chi connectivity index (χ0n) is 10.5. The summed E-state index contributed by atoms with van der Waals surface area (Å²) in [5.74, 6) is 1.06. The van der Waals surface area contributed by atoms with Crippen LogP contribution in [0, 0.1) is 6.92 Å². The van der Waals surface area contributed by atoms with E-state index in [9.17, 15) is 0 Å². The Balaban J connectivity index is 1.82. The molecule has 1 aromatic rings. The highest BCUT2D eigenvalue weighted by Crippen LogP contribution is 2.35. The topological polar surface area (TPSA) is 28.4 Å². The van der Waals surface area contributed by atoms with Gasteiger partial charge in [-0.3, -0.25) is 0 Å². The molecule has 1 aromatic heterocycles. The molecule has 1 heterocycles. The molecule has 0 bridgehead atoms. The first-order valence-electron chi connectivity index (χ1n) is 6.05. The highest BCUT2D eigenvalue weighted by molar-refractivity contribution is 5.14. The number of likely N-dealkylation sites (N-methyl/N-ethyl adjacent to an activating group) is 1. The SMILES string of the molecule is Cc1ccoc1CNCC1(N(C)C)CCC1. The molecule has 2 rings (SSSR count). The van der Waals surface area contributed by atoms with Crippen molar-refractivity contribution in [2.24, 2.45) is 0 Å². The first-order chi connectivity index (χ1) is 7.64. The summed E-state index contributed by atoms with van der Waals surface area (Å²) in [4.78, 5) is 2.36. The van der Waals surface area contributed by atoms with Gasteiger partial charge in [-0.05, 0) is 51.9 Å². The Labute approximate surface area is 97.8 Å². The van der Waals surface area contributed by atoms with E-state index in [0.29, 0.717) is 5.54 Å². The first-order valence-corrected chi connectivity index (χ1v) is 6.05. The van der Waals surface area contributed by atoms with Crippen molar-refractivity contribution in [1.82, 2.24) is 10.2 Å². The minimum atomic E-state index is 0.389. The molecular formula is C13H22N2O. The number of rotatable bonds is 5. The molecule has 3 nitrogen and oxygen atoms in total. The van der Waals surface area contributed by atoms with Crippen molar-refractivity contribution in [1.29, 1.82) is 0 Å². The van der Waals surface area contributed by atoms with Gasteiger partial charge in [-0.2, -0.15) is 0 Å². The molecule has 0 unspecified atom stereocenters. The van der Waals surface area contributed by atoms with Crippen LogP contribution in [-0.4, -0.2) is 31.1 Å². The van der Waals surface area contributed by atoms with Crippen molar-refractivity contribution >= 4 is 0 Å². The zero-order chi connectivity index (χ0) is 11.6. The average Bonchev–Trinajstić information content (AvgIpc) is 2.55. The standard InChI is InChI=1S/C13H22N2O/c1-11-5-8-16-12(11)9-14-10-13(15(2)3)6-4-7-13/h5,8,14H,4,6-7,9-10H2,1-3H3. The molecule has 1 aliphatic carbocycles. The Hall–Kier alpha value is -0.800. The first kappa shape index (κ1) is 11.7. The summed E-state index contributed by atoms with van der Waals surface area (Å²) in [6, 6.07) is 2.02. The maximum atomic E-state index is 5.42. The maximum Gasteiger partial charge on any atom is 0.120 e. The van der Waals surface area contributed by atoms with Gasteiger partial charge < -0.3 is 14.6 Å². The molecule has 0 aromatic carbocycles. The van der Waals surface area contributed by atoms with Gasteiger partial charge in [0.05, 0.1) is 12.8 Å². The summed E-state index contributed by atoms with van der Waals surface area (Å²) >= 11 is 0. The number of hydrogen-bond donors (Lipinski definition) is 1. The lowest BCUT2D eigenvalue weighted by Crippen LogP contribution is -2.56. The van der Waals surface area contributed by atoms with E-state index >= 15 is 0 Å². The summed E-state index contributed by atoms with van der Waals surface area (Å²) in [7, 11) is 4.36. The average molecular weight is 222 g/mol. The molecule has 0 radical (unpaired) electrons. The van der Waals surface area contributed by atoms with Crippen molar-refractivity contribution in [3.05, 3.63) is 23.7 Å². The molecule has 0 saturated heterocycles. The summed E-state index contributed by atoms with van der Waals surface area (Å²) in [6.07, 6.45) is 5.74. The van der Waals surface area contributed by atoms with Gasteiger partial charge in [0, 0.05) is 12.1 Å². The van der Waals surface area contributed by atoms with Gasteiger partial charge in [0.25, 0.3) is 0 Å². The number of nitrogens with one attached hydrogen (secondary N) is 1. The third-order valence-electron chi connectivity index (χ3n) is 3.94. The van der Waals surface area contributed by atoms with E-state index in [4.69, 9.17) is 4.42 Å². The van der Waals surface area contributed by atoms with Gasteiger partial charge in [-0.1, -0.05) is 0 Å². The molecule has 1 fully saturated rings. The van der Waals surface area contributed by atoms with Crippen LogP contribution in [-0.2, 0) is 6.54 Å². The molecule has 0 amide bonds. The van der Waals surface area contributed by atoms with Crippen molar-refractivity contribution in [3.8, 4) is 0 Å². The van der Waals surface area contributed by atoms with Crippen molar-refractivity contribution < 1.29 is 4.42 Å². The van der Waals surface area contributed by atoms with Gasteiger partial charge in [-0.25, -0.2) is 0 Å². The van der Waals surface area contributed by atoms with E-state index in [1.165, 1.54) is 24.8 Å². The Morgan fingerprint density at radius 2 is 2.19 bits per heavy atom. The van der Waals surface area contributed by atoms with Gasteiger partial charge in [0.2, 0.25) is 0 Å². The number of nitrogens with zero attached hydrogens (tertiary/aromatic N) is 1. The van der Waals surface area contributed by atoms with Crippen LogP contribution in [0.25, 0.3) is 0 Å². The van der Waals surface area contributed by atoms with Gasteiger partial charge in [0.1, 0.15) is 5.76 Å². The van der Waals surface area contributed by atoms with Gasteiger partial charge >= 0.3 is 0 Å². The maximum absolute atomic E-state index is 5.42. The molecule has 3 heteroatoms. The number of aryl methyl sites for hydroxylation is 1. The molecule has 1 N–H and O–H groups in total. The monoisotopic (exact) mass is 222 g/mol. The molecule has 90 valence electrons. The largest absolute Gasteiger partial charge is 0.468 e. The number of hydrogen-bond acceptors (Lipinski definition) is 3. The second-order valence-electron chi connectivity index (χ2n) is 5.10. The predicted molar refractivity (Wildman–Crippen MR) is 65.4 cm³/mol. The lowest BCUT2D eigenvalue weighted by Gasteiger charge is -2.47. The fourth-order valence-electron chi connectivity index (χ4n) is 2.36. The lowest BCUT2D eigenvalue weighted by atomic mass is 9.75. The second-order valence-corrected chi connectivity index (χ2v) is 5.10. The minimum absolute atomic E-state index is 0.389. The Kier molecular flexibility index (Phi) is 3.36. The fraction of sp³-hybridized carbons (Fsp3) is 0.692. The summed E-state index contributed by atoms with van der Waals surface area (Å²) in [6.45, 7) is 3.99. The normalized spacial score (nSPS) is 18.8. The molecule has 1 saturated carbocycles. The van der Waals surface area contributed by atoms with E-state index in [2.05, 4.69) is 31.2 Å². The minimum Gasteiger partial charge on any atom is -0.468 e. The van der Waals surface area contributed by atoms with Crippen LogP contribution in [0.1, 0.15) is 30.6 Å². The smallest absolute Gasteiger partial charge is 0.120 e. The van der Waals surface area contributed by atoms with Gasteiger partial charge in [0.15, 0.2) is 0 Å². The van der Waals surface area contributed by atoms with Gasteiger partial charge in [-0.15, -0.1) is 0 Å². The summed E-state index contributed by atoms with van der Waals surface area (Å²) in [5, 5.41) is 3.52. The van der Waals surface area contributed by atoms with Crippen LogP contribution in [0.2, 0.25) is 0 Å². The summed E-state index contributed by atoms with van der Waals surface area (Å²) in [5.41, 5.74) is 1.63. The third kappa shape index (κ3) is 2.15. The third-order valence-corrected chi connectivity index (χ3v) is 3.94. The Morgan fingerprint density at radius 3 is 2.62 bits per heavy atom. The number of furan rings is 1. The van der Waals surface area contributed by atoms with Crippen molar-refractivity contribution in [3.63, 3.8) is 0 Å². The Bertz CT molecular complexity index is 339. The molecule has 0 atom stereocenters. The van der Waals surface area contributed by atoms with E-state index in [-0.39, 0.29) is 0 Å². The van der Waals surface area contributed by atoms with Crippen LogP contribution >= 0.6 is 0 Å². The van der Waals surface area contributed by atoms with E-state index < -0.39 is 0 Å². The fourth-order valence-corrected chi connectivity index (χ4v) is 2.36. The van der Waals surface area contributed by atoms with E-state index in [0.717, 1.165) is 18.8 Å². The molecule has 1 aliphatic rings. The van der Waals surface area contributed by atoms with E-state index in [1.807, 2.05) is 6.07 Å². The van der Waals surface area contributed by atoms with E-state index in [1.54, 1.807) is 6.26 Å². The Morgan fingerprint density at radius 1 is 1.44 bits per heavy atom. The van der Waals surface area contributed by atoms with Crippen LogP contribution < -0.4 is 5.32 Å². The molecule has 0 aliphatic heterocycles. The van der Waals surface area contributed by atoms with Crippen LogP contribution in [0.5, 0.6) is 0 Å². The van der Waals surface area contributed by atoms with Crippen molar-refractivity contribution in [2.75, 3.05) is 20.6 Å². The highest BCUT2D eigenvalue weighted by Gasteiger charge is 2.38. The quantitative estimate of drug-likeness (QED) is 0.827. The zero-order valence-corrected chi connectivity index (χ0v) is 10.5. The predicted octanol–water partition coefficient (Wildman–Crippen LogP) is 2.16. The van der Waals surface area contributed by atoms with Crippen LogP contribution in [0.15, 0.2) is 16.7 Å². The van der Waals surface area contributed by atoms with Crippen LogP contribution in [0.4, 0.5) is 0 Å². The molecule has 16 heavy (non-hydrogen) atoms. The van der Waals surface area contributed by atoms with Crippen molar-refractivity contribution in [2.45, 2.75) is 38.3 Å². The second kappa shape index (κ2) is 4.60. The summed E-state index contributed by atoms with van der Waals surface area (Å²) < 4.78 is 5.42. The lowest BCUT2D eigenvalue weighted by molar-refractivity contribution is 0.0593.